The third kappa shape index (κ3) is 4.64. The molecule has 0 aliphatic carbocycles. The Hall–Kier alpha value is -2.38. The molecule has 0 aliphatic rings. The summed E-state index contributed by atoms with van der Waals surface area (Å²) in [4.78, 5) is 39.0. The number of aromatic nitrogens is 2. The van der Waals surface area contributed by atoms with Gasteiger partial charge in [0.15, 0.2) is 0 Å². The van der Waals surface area contributed by atoms with Crippen molar-refractivity contribution in [3.63, 3.8) is 0 Å². The van der Waals surface area contributed by atoms with Gasteiger partial charge < -0.3 is 20.5 Å². The number of carboxylic acids is 2. The van der Waals surface area contributed by atoms with Crippen molar-refractivity contribution in [3.8, 4) is 0 Å². The lowest BCUT2D eigenvalue weighted by Crippen LogP contribution is -2.42. The second-order valence-electron chi connectivity index (χ2n) is 3.63. The first kappa shape index (κ1) is 13.7. The van der Waals surface area contributed by atoms with E-state index in [2.05, 4.69) is 15.3 Å². The number of H-pyrrole nitrogens is 1. The molecule has 1 aromatic heterocycles. The minimum atomic E-state index is -1.19. The van der Waals surface area contributed by atoms with Crippen LogP contribution >= 0.6 is 0 Å². The van der Waals surface area contributed by atoms with Gasteiger partial charge in [0, 0.05) is 24.7 Å². The van der Waals surface area contributed by atoms with Gasteiger partial charge in [0.25, 0.3) is 0 Å². The molecule has 0 radical (unpaired) electrons. The van der Waals surface area contributed by atoms with Crippen molar-refractivity contribution < 1.29 is 24.6 Å². The Morgan fingerprint density at radius 3 is 2.56 bits per heavy atom. The highest BCUT2D eigenvalue weighted by Gasteiger charge is 2.21. The van der Waals surface area contributed by atoms with Crippen LogP contribution in [0.15, 0.2) is 12.5 Å². The number of nitrogens with zero attached hydrogens (tertiary/aromatic N) is 1. The standard InChI is InChI=1S/C10H13N3O5/c14-8(1-2-9(15)16)13-7(10(17)18)3-6-4-11-5-12-6/h4-5,7H,1-3H2,(H,11,12)(H,13,14)(H,15,16)(H,17,18)/t7-/m1/s1. The number of hydrogen-bond donors (Lipinski definition) is 4. The highest BCUT2D eigenvalue weighted by Crippen LogP contribution is 2.00. The third-order valence-corrected chi connectivity index (χ3v) is 2.18. The summed E-state index contributed by atoms with van der Waals surface area (Å²) in [7, 11) is 0. The molecule has 0 aromatic carbocycles. The van der Waals surface area contributed by atoms with E-state index in [9.17, 15) is 14.4 Å². The number of amides is 1. The van der Waals surface area contributed by atoms with Crippen LogP contribution in [-0.2, 0) is 20.8 Å². The van der Waals surface area contributed by atoms with Crippen LogP contribution in [0.3, 0.4) is 0 Å². The minimum absolute atomic E-state index is 0.0636. The lowest BCUT2D eigenvalue weighted by molar-refractivity contribution is -0.142. The normalized spacial score (nSPS) is 11.8. The molecule has 8 heteroatoms. The Morgan fingerprint density at radius 1 is 1.33 bits per heavy atom. The van der Waals surface area contributed by atoms with Gasteiger partial charge in [0.05, 0.1) is 12.7 Å². The SMILES string of the molecule is O=C(O)CCC(=O)N[C@H](Cc1cnc[nH]1)C(=O)O. The molecule has 18 heavy (non-hydrogen) atoms. The van der Waals surface area contributed by atoms with Gasteiger partial charge in [0.1, 0.15) is 6.04 Å². The molecule has 1 aromatic rings. The maximum atomic E-state index is 11.3. The minimum Gasteiger partial charge on any atom is -0.481 e. The summed E-state index contributed by atoms with van der Waals surface area (Å²) >= 11 is 0. The van der Waals surface area contributed by atoms with E-state index in [1.807, 2.05) is 0 Å². The van der Waals surface area contributed by atoms with Crippen LogP contribution in [0, 0.1) is 0 Å². The van der Waals surface area contributed by atoms with E-state index in [4.69, 9.17) is 10.2 Å². The highest BCUT2D eigenvalue weighted by atomic mass is 16.4. The lowest BCUT2D eigenvalue weighted by atomic mass is 10.1. The van der Waals surface area contributed by atoms with E-state index in [1.165, 1.54) is 12.5 Å². The molecule has 1 amide bonds. The second kappa shape index (κ2) is 6.38. The number of aliphatic carboxylic acids is 2. The molecule has 1 rings (SSSR count). The van der Waals surface area contributed by atoms with Crippen LogP contribution in [0.5, 0.6) is 0 Å². The van der Waals surface area contributed by atoms with E-state index in [-0.39, 0.29) is 19.3 Å². The second-order valence-corrected chi connectivity index (χ2v) is 3.63. The Balaban J connectivity index is 2.50. The van der Waals surface area contributed by atoms with E-state index in [0.29, 0.717) is 5.69 Å². The van der Waals surface area contributed by atoms with Gasteiger partial charge in [0.2, 0.25) is 5.91 Å². The van der Waals surface area contributed by atoms with E-state index in [0.717, 1.165) is 0 Å². The summed E-state index contributed by atoms with van der Waals surface area (Å²) in [6, 6.07) is -1.10. The Bertz CT molecular complexity index is 429. The molecular weight excluding hydrogens is 242 g/mol. The number of aromatic amines is 1. The summed E-state index contributed by atoms with van der Waals surface area (Å²) in [5, 5.41) is 19.6. The van der Waals surface area contributed by atoms with Gasteiger partial charge in [-0.1, -0.05) is 0 Å². The summed E-state index contributed by atoms with van der Waals surface area (Å²) in [6.07, 6.45) is 2.35. The van der Waals surface area contributed by atoms with Crippen molar-refractivity contribution in [2.45, 2.75) is 25.3 Å². The van der Waals surface area contributed by atoms with Gasteiger partial charge >= 0.3 is 11.9 Å². The number of rotatable bonds is 7. The van der Waals surface area contributed by atoms with Crippen LogP contribution in [-0.4, -0.2) is 44.1 Å². The van der Waals surface area contributed by atoms with E-state index < -0.39 is 23.9 Å². The molecule has 0 aliphatic heterocycles. The zero-order valence-corrected chi connectivity index (χ0v) is 9.42. The van der Waals surface area contributed by atoms with Gasteiger partial charge in [-0.15, -0.1) is 0 Å². The zero-order chi connectivity index (χ0) is 13.5. The highest BCUT2D eigenvalue weighted by molar-refractivity contribution is 5.85. The van der Waals surface area contributed by atoms with Crippen LogP contribution in [0.4, 0.5) is 0 Å². The van der Waals surface area contributed by atoms with Crippen molar-refractivity contribution in [2.24, 2.45) is 0 Å². The summed E-state index contributed by atoms with van der Waals surface area (Å²) in [5.41, 5.74) is 0.570. The molecule has 0 fully saturated rings. The molecule has 0 spiro atoms. The van der Waals surface area contributed by atoms with Crippen molar-refractivity contribution >= 4 is 17.8 Å². The number of hydrogen-bond acceptors (Lipinski definition) is 4. The molecular formula is C10H13N3O5. The number of nitrogens with one attached hydrogen (secondary N) is 2. The zero-order valence-electron chi connectivity index (χ0n) is 9.42. The van der Waals surface area contributed by atoms with Crippen molar-refractivity contribution in [1.29, 1.82) is 0 Å². The maximum absolute atomic E-state index is 11.3. The molecule has 0 bridgehead atoms. The number of carbonyl (C=O) groups excluding carboxylic acids is 1. The molecule has 98 valence electrons. The van der Waals surface area contributed by atoms with Crippen LogP contribution in [0.2, 0.25) is 0 Å². The average molecular weight is 255 g/mol. The number of imidazole rings is 1. The molecule has 4 N–H and O–H groups in total. The fourth-order valence-corrected chi connectivity index (χ4v) is 1.30. The summed E-state index contributed by atoms with van der Waals surface area (Å²) in [6.45, 7) is 0. The lowest BCUT2D eigenvalue weighted by Gasteiger charge is -2.13. The maximum Gasteiger partial charge on any atom is 0.326 e. The molecule has 0 saturated carbocycles. The molecule has 1 atom stereocenters. The topological polar surface area (TPSA) is 132 Å². The Labute approximate surface area is 102 Å². The number of carbonyl (C=O) groups is 3. The van der Waals surface area contributed by atoms with Crippen LogP contribution in [0.1, 0.15) is 18.5 Å². The summed E-state index contributed by atoms with van der Waals surface area (Å²) < 4.78 is 0. The predicted octanol–water partition coefficient (Wildman–Crippen LogP) is -0.614. The fourth-order valence-electron chi connectivity index (χ4n) is 1.30. The Kier molecular flexibility index (Phi) is 4.85. The van der Waals surface area contributed by atoms with Crippen LogP contribution < -0.4 is 5.32 Å². The van der Waals surface area contributed by atoms with Crippen molar-refractivity contribution in [3.05, 3.63) is 18.2 Å². The molecule has 1 heterocycles. The van der Waals surface area contributed by atoms with Gasteiger partial charge in [-0.2, -0.15) is 0 Å². The van der Waals surface area contributed by atoms with Gasteiger partial charge in [-0.05, 0) is 0 Å². The van der Waals surface area contributed by atoms with Gasteiger partial charge in [-0.3, -0.25) is 9.59 Å². The fraction of sp³-hybridized carbons (Fsp3) is 0.400. The molecule has 0 unspecified atom stereocenters. The first-order valence-electron chi connectivity index (χ1n) is 5.20. The quantitative estimate of drug-likeness (QED) is 0.513. The Morgan fingerprint density at radius 2 is 2.06 bits per heavy atom. The largest absolute Gasteiger partial charge is 0.481 e. The third-order valence-electron chi connectivity index (χ3n) is 2.18. The van der Waals surface area contributed by atoms with Crippen molar-refractivity contribution in [1.82, 2.24) is 15.3 Å². The molecule has 0 saturated heterocycles. The van der Waals surface area contributed by atoms with E-state index in [1.54, 1.807) is 0 Å². The van der Waals surface area contributed by atoms with E-state index >= 15 is 0 Å². The number of carboxylic acid groups (broad SMARTS) is 2. The van der Waals surface area contributed by atoms with Gasteiger partial charge in [-0.25, -0.2) is 9.78 Å². The van der Waals surface area contributed by atoms with Crippen molar-refractivity contribution in [2.75, 3.05) is 0 Å². The molecule has 8 nitrogen and oxygen atoms in total. The monoisotopic (exact) mass is 255 g/mol. The first-order chi connectivity index (χ1) is 8.49. The predicted molar refractivity (Wildman–Crippen MR) is 58.7 cm³/mol. The average Bonchev–Trinajstić information content (AvgIpc) is 2.78. The first-order valence-corrected chi connectivity index (χ1v) is 5.20. The van der Waals surface area contributed by atoms with Crippen LogP contribution in [0.25, 0.3) is 0 Å². The smallest absolute Gasteiger partial charge is 0.326 e. The summed E-state index contributed by atoms with van der Waals surface area (Å²) in [5.74, 6) is -2.90.